The average molecular weight is 213 g/mol. The Kier molecular flexibility index (Phi) is 2.30. The Morgan fingerprint density at radius 1 is 1.31 bits per heavy atom. The Hall–Kier alpha value is -0.920. The first-order valence-corrected chi connectivity index (χ1v) is 6.11. The molecule has 0 saturated carbocycles. The summed E-state index contributed by atoms with van der Waals surface area (Å²) in [5.41, 5.74) is 0.393. The van der Waals surface area contributed by atoms with Gasteiger partial charge < -0.3 is 4.57 Å². The quantitative estimate of drug-likeness (QED) is 0.679. The molecule has 0 spiro atoms. The van der Waals surface area contributed by atoms with Crippen molar-refractivity contribution in [2.75, 3.05) is 0 Å². The number of hydrogen-bond donors (Lipinski definition) is 0. The minimum Gasteiger partial charge on any atom is -0.303 e. The number of aromatic nitrogens is 2. The molecule has 0 aliphatic rings. The zero-order valence-corrected chi connectivity index (χ0v) is 8.32. The lowest BCUT2D eigenvalue weighted by molar-refractivity contribution is 0.600. The highest BCUT2D eigenvalue weighted by Crippen LogP contribution is 2.27. The van der Waals surface area contributed by atoms with Gasteiger partial charge in [-0.05, 0) is 0 Å². The number of rotatable bonds is 1. The highest BCUT2D eigenvalue weighted by Gasteiger charge is 2.06. The zero-order chi connectivity index (χ0) is 9.26. The van der Waals surface area contributed by atoms with Crippen LogP contribution in [0, 0.1) is 0 Å². The molecule has 1 aromatic heterocycles. The first-order chi connectivity index (χ1) is 6.29. The lowest BCUT2D eigenvalue weighted by Gasteiger charge is -1.98. The molecular weight excluding hydrogens is 207 g/mol. The normalized spacial score (nSPS) is 13.0. The number of halogens is 1. The number of fused-ring (bicyclic) bond motifs is 1. The smallest absolute Gasteiger partial charge is 0.206 e. The van der Waals surface area contributed by atoms with E-state index >= 15 is 0 Å². The monoisotopic (exact) mass is 212 g/mol. The fourth-order valence-corrected chi connectivity index (χ4v) is 2.17. The maximum absolute atomic E-state index is 11.1. The van der Waals surface area contributed by atoms with Crippen LogP contribution < -0.4 is 5.44 Å². The van der Waals surface area contributed by atoms with Gasteiger partial charge in [-0.2, -0.15) is 5.10 Å². The maximum Gasteiger partial charge on any atom is 0.206 e. The van der Waals surface area contributed by atoms with Crippen LogP contribution in [0.2, 0.25) is 0 Å². The van der Waals surface area contributed by atoms with E-state index in [1.165, 1.54) is 0 Å². The van der Waals surface area contributed by atoms with Crippen LogP contribution in [-0.4, -0.2) is 10.2 Å². The largest absolute Gasteiger partial charge is 0.303 e. The standard InChI is InChI=1S/C8H6ClN2OP/c9-13(12)8-7-4-2-1-3-6(7)5-10-11-8/h1-5,13H. The second kappa shape index (κ2) is 3.44. The maximum atomic E-state index is 11.1. The van der Waals surface area contributed by atoms with Crippen LogP contribution in [-0.2, 0) is 4.57 Å². The van der Waals surface area contributed by atoms with Crippen molar-refractivity contribution in [2.24, 2.45) is 0 Å². The van der Waals surface area contributed by atoms with Gasteiger partial charge in [0.05, 0.1) is 6.20 Å². The van der Waals surface area contributed by atoms with Crippen LogP contribution in [0.1, 0.15) is 0 Å². The van der Waals surface area contributed by atoms with Crippen LogP contribution in [0.3, 0.4) is 0 Å². The Labute approximate surface area is 80.3 Å². The molecular formula is C8H6ClN2OP. The molecule has 1 unspecified atom stereocenters. The Morgan fingerprint density at radius 2 is 2.08 bits per heavy atom. The van der Waals surface area contributed by atoms with E-state index in [0.29, 0.717) is 5.44 Å². The topological polar surface area (TPSA) is 42.9 Å². The van der Waals surface area contributed by atoms with Gasteiger partial charge in [0.25, 0.3) is 0 Å². The van der Waals surface area contributed by atoms with Crippen molar-refractivity contribution in [2.45, 2.75) is 0 Å². The zero-order valence-electron chi connectivity index (χ0n) is 6.57. The fourth-order valence-electron chi connectivity index (χ4n) is 1.17. The van der Waals surface area contributed by atoms with Gasteiger partial charge in [0.1, 0.15) is 5.44 Å². The molecule has 3 nitrogen and oxygen atoms in total. The average Bonchev–Trinajstić information content (AvgIpc) is 2.17. The highest BCUT2D eigenvalue weighted by atomic mass is 35.7. The summed E-state index contributed by atoms with van der Waals surface area (Å²) in [5.74, 6) is 0. The molecule has 0 bridgehead atoms. The van der Waals surface area contributed by atoms with Gasteiger partial charge in [0.15, 0.2) is 0 Å². The van der Waals surface area contributed by atoms with Crippen molar-refractivity contribution in [1.29, 1.82) is 0 Å². The Bertz CT molecular complexity index is 469. The summed E-state index contributed by atoms with van der Waals surface area (Å²) >= 11 is 5.53. The predicted octanol–water partition coefficient (Wildman–Crippen LogP) is 1.97. The molecule has 2 aromatic rings. The fraction of sp³-hybridized carbons (Fsp3) is 0. The van der Waals surface area contributed by atoms with Crippen molar-refractivity contribution < 1.29 is 4.57 Å². The molecule has 13 heavy (non-hydrogen) atoms. The third kappa shape index (κ3) is 1.58. The number of hydrogen-bond acceptors (Lipinski definition) is 3. The third-order valence-electron chi connectivity index (χ3n) is 1.76. The lowest BCUT2D eigenvalue weighted by Crippen LogP contribution is -2.04. The van der Waals surface area contributed by atoms with Crippen molar-refractivity contribution in [1.82, 2.24) is 10.2 Å². The molecule has 1 heterocycles. The molecule has 0 aliphatic carbocycles. The van der Waals surface area contributed by atoms with E-state index in [-0.39, 0.29) is 0 Å². The molecule has 0 aliphatic heterocycles. The first kappa shape index (κ1) is 8.67. The van der Waals surface area contributed by atoms with Gasteiger partial charge in [-0.3, -0.25) is 0 Å². The number of nitrogens with zero attached hydrogens (tertiary/aromatic N) is 2. The minimum absolute atomic E-state index is 0.393. The summed E-state index contributed by atoms with van der Waals surface area (Å²) in [6.45, 7) is 0. The van der Waals surface area contributed by atoms with Gasteiger partial charge in [-0.25, -0.2) is 0 Å². The van der Waals surface area contributed by atoms with Crippen LogP contribution >= 0.6 is 18.4 Å². The van der Waals surface area contributed by atoms with Gasteiger partial charge in [-0.1, -0.05) is 35.5 Å². The number of benzene rings is 1. The Balaban J connectivity index is 2.83. The molecule has 0 fully saturated rings. The molecule has 0 amide bonds. The molecule has 2 rings (SSSR count). The second-order valence-electron chi connectivity index (χ2n) is 2.55. The summed E-state index contributed by atoms with van der Waals surface area (Å²) in [6, 6.07) is 7.47. The van der Waals surface area contributed by atoms with Crippen LogP contribution in [0.4, 0.5) is 0 Å². The lowest BCUT2D eigenvalue weighted by atomic mass is 10.2. The molecule has 66 valence electrons. The summed E-state index contributed by atoms with van der Waals surface area (Å²) < 4.78 is 11.1. The molecule has 0 saturated heterocycles. The molecule has 1 atom stereocenters. The molecule has 0 radical (unpaired) electrons. The van der Waals surface area contributed by atoms with Crippen molar-refractivity contribution in [3.63, 3.8) is 0 Å². The van der Waals surface area contributed by atoms with Gasteiger partial charge in [-0.15, -0.1) is 5.10 Å². The van der Waals surface area contributed by atoms with E-state index in [1.807, 2.05) is 24.3 Å². The summed E-state index contributed by atoms with van der Waals surface area (Å²) in [4.78, 5) is 0. The van der Waals surface area contributed by atoms with Gasteiger partial charge in [0.2, 0.25) is 7.15 Å². The van der Waals surface area contributed by atoms with E-state index in [4.69, 9.17) is 11.2 Å². The van der Waals surface area contributed by atoms with E-state index < -0.39 is 7.15 Å². The van der Waals surface area contributed by atoms with Crippen LogP contribution in [0.25, 0.3) is 10.8 Å². The third-order valence-corrected chi connectivity index (χ3v) is 3.04. The summed E-state index contributed by atoms with van der Waals surface area (Å²) in [7, 11) is -2.29. The van der Waals surface area contributed by atoms with Crippen molar-refractivity contribution in [3.8, 4) is 0 Å². The van der Waals surface area contributed by atoms with E-state index in [1.54, 1.807) is 6.20 Å². The van der Waals surface area contributed by atoms with Gasteiger partial charge >= 0.3 is 0 Å². The summed E-state index contributed by atoms with van der Waals surface area (Å²) in [6.07, 6.45) is 1.63. The predicted molar refractivity (Wildman–Crippen MR) is 54.0 cm³/mol. The van der Waals surface area contributed by atoms with Crippen LogP contribution in [0.15, 0.2) is 30.5 Å². The van der Waals surface area contributed by atoms with E-state index in [0.717, 1.165) is 10.8 Å². The van der Waals surface area contributed by atoms with E-state index in [2.05, 4.69) is 10.2 Å². The minimum atomic E-state index is -2.29. The molecule has 5 heteroatoms. The van der Waals surface area contributed by atoms with Crippen LogP contribution in [0.5, 0.6) is 0 Å². The van der Waals surface area contributed by atoms with Crippen molar-refractivity contribution in [3.05, 3.63) is 30.5 Å². The first-order valence-electron chi connectivity index (χ1n) is 3.69. The van der Waals surface area contributed by atoms with Gasteiger partial charge in [0, 0.05) is 10.8 Å². The summed E-state index contributed by atoms with van der Waals surface area (Å²) in [5, 5.41) is 9.21. The SMILES string of the molecule is O=[PH](Cl)c1nncc2ccccc12. The Morgan fingerprint density at radius 3 is 2.85 bits per heavy atom. The van der Waals surface area contributed by atoms with E-state index in [9.17, 15) is 4.57 Å². The van der Waals surface area contributed by atoms with Crippen molar-refractivity contribution >= 4 is 34.6 Å². The molecule has 1 aromatic carbocycles. The second-order valence-corrected chi connectivity index (χ2v) is 4.61. The highest BCUT2D eigenvalue weighted by molar-refractivity contribution is 7.80. The molecule has 0 N–H and O–H groups in total.